The summed E-state index contributed by atoms with van der Waals surface area (Å²) in [6.45, 7) is 2.47. The highest BCUT2D eigenvalue weighted by Crippen LogP contribution is 1.97. The standard InChI is InChI=1S/C10H16N4O2S/c1-7(6-16-2)13-8(15)5-14-4-3-12-10(14)9(11)17/h3-4,7H,5-6H2,1-2H3,(H2,11,17)(H,13,15). The second kappa shape index (κ2) is 6.31. The van der Waals surface area contributed by atoms with Gasteiger partial charge in [-0.1, -0.05) is 12.2 Å². The quantitative estimate of drug-likeness (QED) is 0.681. The minimum absolute atomic E-state index is 0.0377. The molecule has 0 aliphatic heterocycles. The van der Waals surface area contributed by atoms with E-state index >= 15 is 0 Å². The number of amides is 1. The monoisotopic (exact) mass is 256 g/mol. The van der Waals surface area contributed by atoms with Crippen LogP contribution in [0.1, 0.15) is 12.7 Å². The third-order valence-electron chi connectivity index (χ3n) is 2.07. The Kier molecular flexibility index (Phi) is 5.05. The van der Waals surface area contributed by atoms with Gasteiger partial charge in [0.25, 0.3) is 0 Å². The summed E-state index contributed by atoms with van der Waals surface area (Å²) < 4.78 is 6.54. The molecule has 94 valence electrons. The van der Waals surface area contributed by atoms with Crippen molar-refractivity contribution < 1.29 is 9.53 Å². The molecule has 0 saturated heterocycles. The summed E-state index contributed by atoms with van der Waals surface area (Å²) in [5.74, 6) is 0.305. The van der Waals surface area contributed by atoms with Crippen LogP contribution in [-0.2, 0) is 16.1 Å². The van der Waals surface area contributed by atoms with Crippen molar-refractivity contribution in [1.29, 1.82) is 0 Å². The lowest BCUT2D eigenvalue weighted by atomic mass is 10.3. The lowest BCUT2D eigenvalue weighted by Gasteiger charge is -2.13. The molecular weight excluding hydrogens is 240 g/mol. The van der Waals surface area contributed by atoms with Gasteiger partial charge in [0.2, 0.25) is 5.91 Å². The van der Waals surface area contributed by atoms with Crippen LogP contribution < -0.4 is 11.1 Å². The fourth-order valence-electron chi connectivity index (χ4n) is 1.43. The number of aromatic nitrogens is 2. The van der Waals surface area contributed by atoms with E-state index in [1.807, 2.05) is 6.92 Å². The van der Waals surface area contributed by atoms with E-state index in [2.05, 4.69) is 10.3 Å². The fraction of sp³-hybridized carbons (Fsp3) is 0.500. The predicted molar refractivity (Wildman–Crippen MR) is 67.6 cm³/mol. The van der Waals surface area contributed by atoms with Gasteiger partial charge in [0, 0.05) is 25.5 Å². The Bertz CT molecular complexity index is 405. The number of hydrogen-bond acceptors (Lipinski definition) is 4. The van der Waals surface area contributed by atoms with Crippen LogP contribution in [0.3, 0.4) is 0 Å². The molecule has 0 saturated carbocycles. The van der Waals surface area contributed by atoms with Crippen LogP contribution in [0.2, 0.25) is 0 Å². The highest BCUT2D eigenvalue weighted by Gasteiger charge is 2.11. The van der Waals surface area contributed by atoms with E-state index in [-0.39, 0.29) is 23.5 Å². The predicted octanol–water partition coefficient (Wildman–Crippen LogP) is -0.332. The molecule has 6 nitrogen and oxygen atoms in total. The number of nitrogens with zero attached hydrogens (tertiary/aromatic N) is 2. The Balaban J connectivity index is 2.56. The lowest BCUT2D eigenvalue weighted by molar-refractivity contribution is -0.122. The van der Waals surface area contributed by atoms with E-state index in [0.717, 1.165) is 0 Å². The average Bonchev–Trinajstić information content (AvgIpc) is 2.65. The largest absolute Gasteiger partial charge is 0.387 e. The molecule has 1 heterocycles. The van der Waals surface area contributed by atoms with Gasteiger partial charge in [-0.25, -0.2) is 4.98 Å². The number of nitrogens with one attached hydrogen (secondary N) is 1. The SMILES string of the molecule is COCC(C)NC(=O)Cn1ccnc1C(N)=S. The van der Waals surface area contributed by atoms with E-state index in [1.54, 1.807) is 24.1 Å². The van der Waals surface area contributed by atoms with E-state index in [4.69, 9.17) is 22.7 Å². The van der Waals surface area contributed by atoms with Gasteiger partial charge in [-0.15, -0.1) is 0 Å². The van der Waals surface area contributed by atoms with E-state index in [1.165, 1.54) is 0 Å². The van der Waals surface area contributed by atoms with Gasteiger partial charge >= 0.3 is 0 Å². The summed E-state index contributed by atoms with van der Waals surface area (Å²) in [4.78, 5) is 15.8. The number of methoxy groups -OCH3 is 1. The van der Waals surface area contributed by atoms with Gasteiger partial charge in [-0.3, -0.25) is 4.79 Å². The van der Waals surface area contributed by atoms with Crippen molar-refractivity contribution in [2.75, 3.05) is 13.7 Å². The van der Waals surface area contributed by atoms with E-state index in [0.29, 0.717) is 12.4 Å². The number of carbonyl (C=O) groups is 1. The molecule has 1 rings (SSSR count). The van der Waals surface area contributed by atoms with E-state index < -0.39 is 0 Å². The molecule has 0 radical (unpaired) electrons. The number of rotatable bonds is 6. The van der Waals surface area contributed by atoms with Crippen LogP contribution in [0, 0.1) is 0 Å². The molecule has 1 aromatic rings. The summed E-state index contributed by atoms with van der Waals surface area (Å²) in [5.41, 5.74) is 5.48. The van der Waals surface area contributed by atoms with Gasteiger partial charge in [-0.05, 0) is 6.92 Å². The topological polar surface area (TPSA) is 82.2 Å². The summed E-state index contributed by atoms with van der Waals surface area (Å²) in [5, 5.41) is 2.79. The van der Waals surface area contributed by atoms with Gasteiger partial charge in [0.1, 0.15) is 11.5 Å². The highest BCUT2D eigenvalue weighted by atomic mass is 32.1. The van der Waals surface area contributed by atoms with Crippen LogP contribution in [0.15, 0.2) is 12.4 Å². The molecular formula is C10H16N4O2S. The highest BCUT2D eigenvalue weighted by molar-refractivity contribution is 7.80. The molecule has 0 bridgehead atoms. The van der Waals surface area contributed by atoms with Crippen molar-refractivity contribution in [2.45, 2.75) is 19.5 Å². The first-order chi connectivity index (χ1) is 8.04. The second-order valence-electron chi connectivity index (χ2n) is 3.67. The number of carbonyl (C=O) groups excluding carboxylic acids is 1. The molecule has 0 aliphatic rings. The zero-order valence-corrected chi connectivity index (χ0v) is 10.7. The molecule has 1 amide bonds. The molecule has 1 atom stereocenters. The maximum Gasteiger partial charge on any atom is 0.240 e. The van der Waals surface area contributed by atoms with Gasteiger partial charge in [0.15, 0.2) is 5.82 Å². The minimum Gasteiger partial charge on any atom is -0.387 e. The van der Waals surface area contributed by atoms with Crippen LogP contribution >= 0.6 is 12.2 Å². The Hall–Kier alpha value is -1.47. The molecule has 7 heteroatoms. The maximum absolute atomic E-state index is 11.7. The van der Waals surface area contributed by atoms with Crippen molar-refractivity contribution in [3.63, 3.8) is 0 Å². The van der Waals surface area contributed by atoms with Crippen molar-refractivity contribution >= 4 is 23.1 Å². The average molecular weight is 256 g/mol. The summed E-state index contributed by atoms with van der Waals surface area (Å²) in [6.07, 6.45) is 3.22. The van der Waals surface area contributed by atoms with Crippen molar-refractivity contribution in [3.8, 4) is 0 Å². The summed E-state index contributed by atoms with van der Waals surface area (Å²) >= 11 is 4.83. The molecule has 17 heavy (non-hydrogen) atoms. The van der Waals surface area contributed by atoms with Crippen molar-refractivity contribution in [1.82, 2.24) is 14.9 Å². The minimum atomic E-state index is -0.134. The lowest BCUT2D eigenvalue weighted by Crippen LogP contribution is -2.38. The molecule has 1 unspecified atom stereocenters. The molecule has 0 spiro atoms. The Morgan fingerprint density at radius 1 is 1.76 bits per heavy atom. The molecule has 0 fully saturated rings. The zero-order valence-electron chi connectivity index (χ0n) is 9.84. The number of thiocarbonyl (C=S) groups is 1. The van der Waals surface area contributed by atoms with Crippen LogP contribution in [0.5, 0.6) is 0 Å². The smallest absolute Gasteiger partial charge is 0.240 e. The first-order valence-corrected chi connectivity index (χ1v) is 5.54. The summed E-state index contributed by atoms with van der Waals surface area (Å²) in [6, 6.07) is -0.0377. The zero-order chi connectivity index (χ0) is 12.8. The number of nitrogens with two attached hydrogens (primary N) is 1. The Morgan fingerprint density at radius 2 is 2.47 bits per heavy atom. The number of hydrogen-bond donors (Lipinski definition) is 2. The fourth-order valence-corrected chi connectivity index (χ4v) is 1.60. The van der Waals surface area contributed by atoms with Crippen LogP contribution in [0.4, 0.5) is 0 Å². The van der Waals surface area contributed by atoms with Crippen LogP contribution in [-0.4, -0.2) is 40.2 Å². The first kappa shape index (κ1) is 13.6. The third kappa shape index (κ3) is 4.12. The molecule has 3 N–H and O–H groups in total. The molecule has 0 aromatic carbocycles. The first-order valence-electron chi connectivity index (χ1n) is 5.13. The Labute approximate surface area is 105 Å². The number of imidazole rings is 1. The normalized spacial score (nSPS) is 12.1. The Morgan fingerprint density at radius 3 is 3.06 bits per heavy atom. The third-order valence-corrected chi connectivity index (χ3v) is 2.26. The number of ether oxygens (including phenoxy) is 1. The van der Waals surface area contributed by atoms with Crippen molar-refractivity contribution in [2.24, 2.45) is 5.73 Å². The maximum atomic E-state index is 11.7. The van der Waals surface area contributed by atoms with Crippen molar-refractivity contribution in [3.05, 3.63) is 18.2 Å². The van der Waals surface area contributed by atoms with Crippen LogP contribution in [0.25, 0.3) is 0 Å². The second-order valence-corrected chi connectivity index (χ2v) is 4.11. The van der Waals surface area contributed by atoms with Gasteiger partial charge in [-0.2, -0.15) is 0 Å². The van der Waals surface area contributed by atoms with Gasteiger partial charge < -0.3 is 20.4 Å². The molecule has 0 aliphatic carbocycles. The molecule has 1 aromatic heterocycles. The van der Waals surface area contributed by atoms with Gasteiger partial charge in [0.05, 0.1) is 6.61 Å². The summed E-state index contributed by atoms with van der Waals surface area (Å²) in [7, 11) is 1.59. The van der Waals surface area contributed by atoms with E-state index in [9.17, 15) is 4.79 Å².